The van der Waals surface area contributed by atoms with Gasteiger partial charge in [-0.3, -0.25) is 9.59 Å². The van der Waals surface area contributed by atoms with E-state index in [0.29, 0.717) is 22.7 Å². The molecule has 0 bridgehead atoms. The summed E-state index contributed by atoms with van der Waals surface area (Å²) in [6, 6.07) is 32.8. The minimum atomic E-state index is -0.302. The SMILES string of the molecule is Cc1ccc2c(c1)OC(=O)C1C3c4ccccc4OC(=O)C3C21.Cc1ccc2ccc(=O)oc2c1.I.O=c1ccc2ccccc2o1. The molecule has 2 aromatic heterocycles. The highest BCUT2D eigenvalue weighted by atomic mass is 127. The molecule has 0 radical (unpaired) electrons. The number of rotatable bonds is 0. The second-order valence-corrected chi connectivity index (χ2v) is 11.6. The van der Waals surface area contributed by atoms with Crippen molar-refractivity contribution in [2.24, 2.45) is 11.8 Å². The number of hydrogen-bond acceptors (Lipinski definition) is 8. The van der Waals surface area contributed by atoms with E-state index in [1.54, 1.807) is 24.3 Å². The number of aryl methyl sites for hydroxylation is 2. The van der Waals surface area contributed by atoms with E-state index in [2.05, 4.69) is 0 Å². The van der Waals surface area contributed by atoms with Crippen LogP contribution in [0, 0.1) is 25.7 Å². The van der Waals surface area contributed by atoms with Gasteiger partial charge >= 0.3 is 23.2 Å². The van der Waals surface area contributed by atoms with Crippen molar-refractivity contribution in [1.82, 2.24) is 0 Å². The van der Waals surface area contributed by atoms with Crippen molar-refractivity contribution >= 4 is 57.9 Å². The van der Waals surface area contributed by atoms with Gasteiger partial charge in [0.1, 0.15) is 22.7 Å². The Morgan fingerprint density at radius 3 is 1.70 bits per heavy atom. The zero-order valence-electron chi connectivity index (χ0n) is 25.4. The van der Waals surface area contributed by atoms with E-state index >= 15 is 0 Å². The summed E-state index contributed by atoms with van der Waals surface area (Å²) in [6.07, 6.45) is 0. The lowest BCUT2D eigenvalue weighted by Crippen LogP contribution is -2.56. The molecule has 0 saturated heterocycles. The fourth-order valence-corrected chi connectivity index (χ4v) is 6.49. The molecule has 9 heteroatoms. The van der Waals surface area contributed by atoms with Crippen LogP contribution in [0.25, 0.3) is 21.9 Å². The van der Waals surface area contributed by atoms with E-state index in [4.69, 9.17) is 18.3 Å². The van der Waals surface area contributed by atoms with Gasteiger partial charge in [0.15, 0.2) is 0 Å². The van der Waals surface area contributed by atoms with E-state index in [-0.39, 0.29) is 70.8 Å². The molecule has 0 N–H and O–H groups in total. The highest BCUT2D eigenvalue weighted by Gasteiger charge is 2.64. The number of esters is 2. The monoisotopic (exact) mass is 740 g/mol. The molecule has 1 saturated carbocycles. The van der Waals surface area contributed by atoms with Gasteiger partial charge in [-0.15, -0.1) is 24.0 Å². The lowest BCUT2D eigenvalue weighted by Gasteiger charge is -2.53. The standard InChI is InChI=1S/C19H14O4.C10H8O2.C9H6O2.HI/c1-9-6-7-11-13(8-9)23-19(21)17-14-10-4-2-3-5-12(10)22-18(20)16(14)15(11)17;1-7-2-3-8-4-5-10(11)12-9(8)6-7;10-9-6-5-7-3-1-2-4-8(7)11-9;/h2-8,14-17H,1H3;2-6H,1H3;1-6H;1H. The quantitative estimate of drug-likeness (QED) is 0.0683. The molecular formula is C38H29IO8. The fourth-order valence-electron chi connectivity index (χ4n) is 6.49. The van der Waals surface area contributed by atoms with Crippen molar-refractivity contribution in [3.05, 3.63) is 152 Å². The topological polar surface area (TPSA) is 113 Å². The summed E-state index contributed by atoms with van der Waals surface area (Å²) >= 11 is 0. The highest BCUT2D eigenvalue weighted by molar-refractivity contribution is 14.0. The Labute approximate surface area is 286 Å². The molecule has 3 aliphatic rings. The van der Waals surface area contributed by atoms with Gasteiger partial charge in [0.05, 0.1) is 11.8 Å². The molecule has 6 aromatic rings. The van der Waals surface area contributed by atoms with Crippen LogP contribution in [-0.4, -0.2) is 11.9 Å². The van der Waals surface area contributed by atoms with Crippen LogP contribution < -0.4 is 20.7 Å². The number of benzene rings is 4. The van der Waals surface area contributed by atoms with Crippen molar-refractivity contribution in [2.45, 2.75) is 25.7 Å². The number of hydrogen-bond donors (Lipinski definition) is 0. The van der Waals surface area contributed by atoms with Gasteiger partial charge in [-0.1, -0.05) is 60.7 Å². The zero-order valence-corrected chi connectivity index (χ0v) is 27.7. The maximum absolute atomic E-state index is 12.5. The van der Waals surface area contributed by atoms with Crippen LogP contribution in [0.15, 0.2) is 128 Å². The van der Waals surface area contributed by atoms with E-state index in [9.17, 15) is 19.2 Å². The van der Waals surface area contributed by atoms with Crippen LogP contribution in [0.3, 0.4) is 0 Å². The molecule has 4 atom stereocenters. The molecule has 1 aliphatic carbocycles. The number of fused-ring (bicyclic) bond motifs is 10. The smallest absolute Gasteiger partial charge is 0.336 e. The Hall–Kier alpha value is -5.03. The molecule has 1 fully saturated rings. The lowest BCUT2D eigenvalue weighted by molar-refractivity contribution is -0.161. The summed E-state index contributed by atoms with van der Waals surface area (Å²) in [6.45, 7) is 3.92. The number of para-hydroxylation sites is 2. The first-order chi connectivity index (χ1) is 22.3. The minimum absolute atomic E-state index is 0. The zero-order chi connectivity index (χ0) is 31.9. The molecule has 4 aromatic carbocycles. The molecule has 4 unspecified atom stereocenters. The van der Waals surface area contributed by atoms with Crippen molar-refractivity contribution in [3.63, 3.8) is 0 Å². The van der Waals surface area contributed by atoms with Gasteiger partial charge in [-0.25, -0.2) is 9.59 Å². The Morgan fingerprint density at radius 1 is 0.468 bits per heavy atom. The van der Waals surface area contributed by atoms with Gasteiger partial charge in [-0.05, 0) is 72.5 Å². The first kappa shape index (κ1) is 31.9. The van der Waals surface area contributed by atoms with Crippen LogP contribution in [0.1, 0.15) is 34.1 Å². The largest absolute Gasteiger partial charge is 0.426 e. The molecule has 8 nitrogen and oxygen atoms in total. The minimum Gasteiger partial charge on any atom is -0.426 e. The summed E-state index contributed by atoms with van der Waals surface area (Å²) in [7, 11) is 0. The van der Waals surface area contributed by atoms with Crippen LogP contribution in [0.2, 0.25) is 0 Å². The average Bonchev–Trinajstić information content (AvgIpc) is 3.02. The van der Waals surface area contributed by atoms with Gasteiger partial charge in [-0.2, -0.15) is 0 Å². The van der Waals surface area contributed by atoms with Crippen LogP contribution >= 0.6 is 24.0 Å². The highest BCUT2D eigenvalue weighted by Crippen LogP contribution is 2.64. The van der Waals surface area contributed by atoms with Gasteiger partial charge in [0.25, 0.3) is 0 Å². The van der Waals surface area contributed by atoms with Gasteiger partial charge < -0.3 is 18.3 Å². The summed E-state index contributed by atoms with van der Waals surface area (Å²) in [4.78, 5) is 46.6. The molecular weight excluding hydrogens is 711 g/mol. The number of carbonyl (C=O) groups is 2. The summed E-state index contributed by atoms with van der Waals surface area (Å²) < 4.78 is 20.9. The van der Waals surface area contributed by atoms with Crippen molar-refractivity contribution in [2.75, 3.05) is 0 Å². The Bertz CT molecular complexity index is 2260. The normalized spacial score (nSPS) is 19.7. The fraction of sp³-hybridized carbons (Fsp3) is 0.158. The second-order valence-electron chi connectivity index (χ2n) is 11.6. The van der Waals surface area contributed by atoms with Gasteiger partial charge in [0, 0.05) is 34.7 Å². The first-order valence-electron chi connectivity index (χ1n) is 14.9. The molecule has 2 aliphatic heterocycles. The van der Waals surface area contributed by atoms with Crippen LogP contribution in [0.5, 0.6) is 11.5 Å². The number of ether oxygens (including phenoxy) is 2. The molecule has 47 heavy (non-hydrogen) atoms. The Kier molecular flexibility index (Phi) is 8.83. The Balaban J connectivity index is 0.000000136. The lowest BCUT2D eigenvalue weighted by atomic mass is 9.51. The average molecular weight is 741 g/mol. The van der Waals surface area contributed by atoms with Crippen molar-refractivity contribution in [3.8, 4) is 11.5 Å². The first-order valence-corrected chi connectivity index (χ1v) is 14.9. The van der Waals surface area contributed by atoms with Crippen molar-refractivity contribution in [1.29, 1.82) is 0 Å². The molecule has 4 heterocycles. The summed E-state index contributed by atoms with van der Waals surface area (Å²) in [5.41, 5.74) is 4.70. The third-order valence-electron chi connectivity index (χ3n) is 8.63. The summed E-state index contributed by atoms with van der Waals surface area (Å²) in [5.74, 6) is -0.207. The second kappa shape index (κ2) is 13.0. The maximum atomic E-state index is 12.5. The number of halogens is 1. The number of carbonyl (C=O) groups excluding carboxylic acids is 2. The Morgan fingerprint density at radius 2 is 0.979 bits per heavy atom. The van der Waals surface area contributed by atoms with Gasteiger partial charge in [0.2, 0.25) is 0 Å². The third-order valence-corrected chi connectivity index (χ3v) is 8.63. The predicted octanol–water partition coefficient (Wildman–Crippen LogP) is 7.46. The van der Waals surface area contributed by atoms with E-state index in [0.717, 1.165) is 33.0 Å². The van der Waals surface area contributed by atoms with E-state index < -0.39 is 0 Å². The summed E-state index contributed by atoms with van der Waals surface area (Å²) in [5, 5.41) is 1.91. The predicted molar refractivity (Wildman–Crippen MR) is 186 cm³/mol. The third kappa shape index (κ3) is 6.10. The molecule has 9 rings (SSSR count). The molecule has 0 amide bonds. The maximum Gasteiger partial charge on any atom is 0.336 e. The van der Waals surface area contributed by atoms with E-state index in [1.165, 1.54) is 12.1 Å². The van der Waals surface area contributed by atoms with Crippen LogP contribution in [0.4, 0.5) is 0 Å². The molecule has 0 spiro atoms. The van der Waals surface area contributed by atoms with E-state index in [1.807, 2.05) is 86.6 Å². The molecule has 236 valence electrons. The van der Waals surface area contributed by atoms with Crippen molar-refractivity contribution < 1.29 is 27.9 Å². The van der Waals surface area contributed by atoms with Crippen LogP contribution in [-0.2, 0) is 9.59 Å².